The van der Waals surface area contributed by atoms with Crippen LogP contribution in [-0.2, 0) is 6.54 Å². The van der Waals surface area contributed by atoms with Gasteiger partial charge < -0.3 is 21.7 Å². The SMILES string of the molecule is Nc1ncc(-c2cccc(C(=O)NCc3ccccn3)c2)nc1C(=O)N[C@H]1CCNC1. The van der Waals surface area contributed by atoms with Crippen molar-refractivity contribution in [3.8, 4) is 11.3 Å². The summed E-state index contributed by atoms with van der Waals surface area (Å²) >= 11 is 0. The van der Waals surface area contributed by atoms with Crippen LogP contribution in [-0.4, -0.2) is 45.9 Å². The zero-order valence-electron chi connectivity index (χ0n) is 16.8. The largest absolute Gasteiger partial charge is 0.382 e. The van der Waals surface area contributed by atoms with Crippen LogP contribution in [0.5, 0.6) is 0 Å². The standard InChI is InChI=1S/C22H23N7O2/c23-20-19(22(31)28-17-7-9-24-11-17)29-18(13-26-20)14-4-3-5-15(10-14)21(30)27-12-16-6-1-2-8-25-16/h1-6,8,10,13,17,24H,7,9,11-12H2,(H2,23,26)(H,27,30)(H,28,31)/t17-/m0/s1. The summed E-state index contributed by atoms with van der Waals surface area (Å²) in [4.78, 5) is 37.9. The van der Waals surface area contributed by atoms with Gasteiger partial charge in [0, 0.05) is 29.9 Å². The molecule has 2 amide bonds. The molecule has 0 aliphatic carbocycles. The molecule has 9 heteroatoms. The molecule has 0 bridgehead atoms. The number of amides is 2. The van der Waals surface area contributed by atoms with Crippen molar-refractivity contribution >= 4 is 17.6 Å². The molecule has 5 N–H and O–H groups in total. The number of carbonyl (C=O) groups excluding carboxylic acids is 2. The minimum absolute atomic E-state index is 0.0449. The fourth-order valence-electron chi connectivity index (χ4n) is 3.33. The third-order valence-electron chi connectivity index (χ3n) is 4.99. The molecule has 4 rings (SSSR count). The highest BCUT2D eigenvalue weighted by Crippen LogP contribution is 2.20. The summed E-state index contributed by atoms with van der Waals surface area (Å²) in [7, 11) is 0. The van der Waals surface area contributed by atoms with Crippen molar-refractivity contribution in [2.24, 2.45) is 0 Å². The van der Waals surface area contributed by atoms with E-state index in [1.165, 1.54) is 6.20 Å². The van der Waals surface area contributed by atoms with E-state index in [4.69, 9.17) is 5.73 Å². The van der Waals surface area contributed by atoms with Crippen molar-refractivity contribution in [1.82, 2.24) is 30.9 Å². The summed E-state index contributed by atoms with van der Waals surface area (Å²) in [5.74, 6) is -0.524. The Morgan fingerprint density at radius 3 is 2.81 bits per heavy atom. The van der Waals surface area contributed by atoms with Crippen LogP contribution in [0.2, 0.25) is 0 Å². The fourth-order valence-corrected chi connectivity index (χ4v) is 3.33. The molecule has 0 spiro atoms. The van der Waals surface area contributed by atoms with Crippen molar-refractivity contribution in [2.75, 3.05) is 18.8 Å². The zero-order chi connectivity index (χ0) is 21.6. The lowest BCUT2D eigenvalue weighted by atomic mass is 10.1. The first-order chi connectivity index (χ1) is 15.1. The summed E-state index contributed by atoms with van der Waals surface area (Å²) in [5, 5.41) is 8.96. The Labute approximate surface area is 179 Å². The number of aromatic nitrogens is 3. The molecule has 158 valence electrons. The van der Waals surface area contributed by atoms with Crippen LogP contribution in [0.25, 0.3) is 11.3 Å². The number of benzene rings is 1. The number of rotatable bonds is 6. The molecule has 2 aromatic heterocycles. The molecule has 1 aliphatic heterocycles. The van der Waals surface area contributed by atoms with E-state index in [9.17, 15) is 9.59 Å². The first-order valence-electron chi connectivity index (χ1n) is 10.0. The molecule has 3 aromatic rings. The van der Waals surface area contributed by atoms with Gasteiger partial charge in [0.25, 0.3) is 11.8 Å². The Kier molecular flexibility index (Phi) is 6.13. The minimum atomic E-state index is -0.357. The molecule has 1 aliphatic rings. The van der Waals surface area contributed by atoms with Crippen molar-refractivity contribution in [3.05, 3.63) is 71.8 Å². The molecule has 1 saturated heterocycles. The molecule has 1 atom stereocenters. The Hall–Kier alpha value is -3.85. The third kappa shape index (κ3) is 5.01. The average Bonchev–Trinajstić information content (AvgIpc) is 3.31. The van der Waals surface area contributed by atoms with E-state index in [-0.39, 0.29) is 29.4 Å². The van der Waals surface area contributed by atoms with Gasteiger partial charge in [-0.1, -0.05) is 18.2 Å². The number of hydrogen-bond acceptors (Lipinski definition) is 7. The van der Waals surface area contributed by atoms with E-state index in [2.05, 4.69) is 30.9 Å². The second kappa shape index (κ2) is 9.31. The number of carbonyl (C=O) groups is 2. The Bertz CT molecular complexity index is 1080. The molecule has 3 heterocycles. The maximum Gasteiger partial charge on any atom is 0.274 e. The first-order valence-corrected chi connectivity index (χ1v) is 10.0. The molecule has 0 saturated carbocycles. The summed E-state index contributed by atoms with van der Waals surface area (Å²) in [6.07, 6.45) is 4.03. The molecule has 1 fully saturated rings. The fraction of sp³-hybridized carbons (Fsp3) is 0.227. The monoisotopic (exact) mass is 417 g/mol. The molecule has 9 nitrogen and oxygen atoms in total. The van der Waals surface area contributed by atoms with E-state index in [1.54, 1.807) is 30.5 Å². The van der Waals surface area contributed by atoms with Gasteiger partial charge in [-0.2, -0.15) is 0 Å². The van der Waals surface area contributed by atoms with E-state index < -0.39 is 0 Å². The van der Waals surface area contributed by atoms with Gasteiger partial charge in [0.05, 0.1) is 24.1 Å². The van der Waals surface area contributed by atoms with Gasteiger partial charge in [-0.05, 0) is 37.2 Å². The third-order valence-corrected chi connectivity index (χ3v) is 4.99. The van der Waals surface area contributed by atoms with E-state index in [0.717, 1.165) is 18.7 Å². The highest BCUT2D eigenvalue weighted by molar-refractivity contribution is 5.97. The quantitative estimate of drug-likeness (QED) is 0.472. The van der Waals surface area contributed by atoms with E-state index >= 15 is 0 Å². The molecule has 0 unspecified atom stereocenters. The highest BCUT2D eigenvalue weighted by Gasteiger charge is 2.21. The molecule has 0 radical (unpaired) electrons. The van der Waals surface area contributed by atoms with Gasteiger partial charge in [0.2, 0.25) is 0 Å². The lowest BCUT2D eigenvalue weighted by molar-refractivity contribution is 0.0932. The highest BCUT2D eigenvalue weighted by atomic mass is 16.2. The number of pyridine rings is 1. The summed E-state index contributed by atoms with van der Waals surface area (Å²) in [6, 6.07) is 12.6. The second-order valence-electron chi connectivity index (χ2n) is 7.24. The topological polar surface area (TPSA) is 135 Å². The molecular weight excluding hydrogens is 394 g/mol. The molecule has 31 heavy (non-hydrogen) atoms. The lowest BCUT2D eigenvalue weighted by Gasteiger charge is -2.12. The number of anilines is 1. The first kappa shape index (κ1) is 20.4. The van der Waals surface area contributed by atoms with Crippen LogP contribution in [0.3, 0.4) is 0 Å². The maximum atomic E-state index is 12.6. The number of nitrogen functional groups attached to an aromatic ring is 1. The van der Waals surface area contributed by atoms with Crippen LogP contribution in [0.1, 0.15) is 33.0 Å². The summed E-state index contributed by atoms with van der Waals surface area (Å²) < 4.78 is 0. The lowest BCUT2D eigenvalue weighted by Crippen LogP contribution is -2.37. The minimum Gasteiger partial charge on any atom is -0.382 e. The molecule has 1 aromatic carbocycles. The van der Waals surface area contributed by atoms with Gasteiger partial charge >= 0.3 is 0 Å². The van der Waals surface area contributed by atoms with Gasteiger partial charge in [0.1, 0.15) is 0 Å². The predicted octanol–water partition coefficient (Wildman–Crippen LogP) is 1.14. The zero-order valence-corrected chi connectivity index (χ0v) is 16.8. The summed E-state index contributed by atoms with van der Waals surface area (Å²) in [6.45, 7) is 1.90. The van der Waals surface area contributed by atoms with Gasteiger partial charge in [-0.3, -0.25) is 14.6 Å². The van der Waals surface area contributed by atoms with Crippen LogP contribution in [0, 0.1) is 0 Å². The van der Waals surface area contributed by atoms with Crippen molar-refractivity contribution in [3.63, 3.8) is 0 Å². The van der Waals surface area contributed by atoms with Gasteiger partial charge in [-0.15, -0.1) is 0 Å². The maximum absolute atomic E-state index is 12.6. The van der Waals surface area contributed by atoms with Crippen LogP contribution < -0.4 is 21.7 Å². The van der Waals surface area contributed by atoms with Crippen molar-refractivity contribution < 1.29 is 9.59 Å². The number of nitrogens with zero attached hydrogens (tertiary/aromatic N) is 3. The van der Waals surface area contributed by atoms with E-state index in [1.807, 2.05) is 18.2 Å². The normalized spacial score (nSPS) is 15.4. The Balaban J connectivity index is 1.50. The number of nitrogens with one attached hydrogen (secondary N) is 3. The Morgan fingerprint density at radius 2 is 2.03 bits per heavy atom. The Morgan fingerprint density at radius 1 is 1.13 bits per heavy atom. The average molecular weight is 417 g/mol. The molecular formula is C22H23N7O2. The van der Waals surface area contributed by atoms with Crippen molar-refractivity contribution in [2.45, 2.75) is 19.0 Å². The van der Waals surface area contributed by atoms with Gasteiger partial charge in [0.15, 0.2) is 11.5 Å². The predicted molar refractivity (Wildman–Crippen MR) is 116 cm³/mol. The van der Waals surface area contributed by atoms with Crippen molar-refractivity contribution in [1.29, 1.82) is 0 Å². The van der Waals surface area contributed by atoms with Crippen LogP contribution in [0.4, 0.5) is 5.82 Å². The number of hydrogen-bond donors (Lipinski definition) is 4. The smallest absolute Gasteiger partial charge is 0.274 e. The van der Waals surface area contributed by atoms with Gasteiger partial charge in [-0.25, -0.2) is 9.97 Å². The van der Waals surface area contributed by atoms with Crippen LogP contribution in [0.15, 0.2) is 54.9 Å². The second-order valence-corrected chi connectivity index (χ2v) is 7.24. The summed E-state index contributed by atoms with van der Waals surface area (Å²) in [5.41, 5.74) is 8.33. The van der Waals surface area contributed by atoms with Crippen LogP contribution >= 0.6 is 0 Å². The van der Waals surface area contributed by atoms with E-state index in [0.29, 0.717) is 29.9 Å². The number of nitrogens with two attached hydrogens (primary N) is 1.